The van der Waals surface area contributed by atoms with Crippen molar-refractivity contribution in [2.75, 3.05) is 6.54 Å². The molecule has 0 saturated carbocycles. The fraction of sp³-hybridized carbons (Fsp3) is 0.267. The number of hydrogen-bond acceptors (Lipinski definition) is 3. The number of aromatic nitrogens is 1. The number of rotatable bonds is 5. The predicted molar refractivity (Wildman–Crippen MR) is 79.0 cm³/mol. The Morgan fingerprint density at radius 2 is 1.71 bits per heavy atom. The molecule has 6 heteroatoms. The molecule has 0 aliphatic carbocycles. The van der Waals surface area contributed by atoms with Crippen molar-refractivity contribution in [1.29, 1.82) is 0 Å². The van der Waals surface area contributed by atoms with Crippen LogP contribution in [0.25, 0.3) is 0 Å². The molecule has 1 heterocycles. The van der Waals surface area contributed by atoms with Crippen LogP contribution in [0.1, 0.15) is 16.7 Å². The van der Waals surface area contributed by atoms with Gasteiger partial charge in [-0.2, -0.15) is 0 Å². The van der Waals surface area contributed by atoms with Crippen LogP contribution in [0.5, 0.6) is 0 Å². The van der Waals surface area contributed by atoms with E-state index in [0.717, 1.165) is 5.56 Å². The van der Waals surface area contributed by atoms with Gasteiger partial charge in [-0.25, -0.2) is 17.5 Å². The number of nitrogens with zero attached hydrogens (tertiary/aromatic N) is 1. The molecular weight excluding hydrogens is 291 g/mol. The Morgan fingerprint density at radius 3 is 2.29 bits per heavy atom. The number of hydrogen-bond donors (Lipinski definition) is 1. The minimum atomic E-state index is -3.64. The molecule has 1 N–H and O–H groups in total. The van der Waals surface area contributed by atoms with Crippen LogP contribution in [0.4, 0.5) is 4.39 Å². The minimum Gasteiger partial charge on any atom is -0.265 e. The molecule has 0 saturated heterocycles. The van der Waals surface area contributed by atoms with Crippen LogP contribution in [0.3, 0.4) is 0 Å². The summed E-state index contributed by atoms with van der Waals surface area (Å²) in [5, 5.41) is 0. The van der Waals surface area contributed by atoms with Crippen molar-refractivity contribution in [3.8, 4) is 0 Å². The van der Waals surface area contributed by atoms with Crippen LogP contribution in [0.2, 0.25) is 0 Å². The van der Waals surface area contributed by atoms with Gasteiger partial charge in [-0.3, -0.25) is 4.98 Å². The molecule has 0 aliphatic heterocycles. The largest absolute Gasteiger partial charge is 0.265 e. The Balaban J connectivity index is 2.12. The molecule has 1 aromatic heterocycles. The van der Waals surface area contributed by atoms with Crippen molar-refractivity contribution < 1.29 is 12.8 Å². The van der Waals surface area contributed by atoms with Gasteiger partial charge < -0.3 is 0 Å². The number of halogens is 1. The lowest BCUT2D eigenvalue weighted by Crippen LogP contribution is -2.27. The zero-order valence-corrected chi connectivity index (χ0v) is 12.7. The van der Waals surface area contributed by atoms with E-state index >= 15 is 0 Å². The summed E-state index contributed by atoms with van der Waals surface area (Å²) < 4.78 is 40.5. The van der Waals surface area contributed by atoms with E-state index in [1.807, 2.05) is 12.1 Å². The molecule has 0 atom stereocenters. The molecule has 21 heavy (non-hydrogen) atoms. The van der Waals surface area contributed by atoms with Gasteiger partial charge in [-0.15, -0.1) is 0 Å². The SMILES string of the molecule is Cc1cc(F)cc(C)c1S(=O)(=O)NCCc1ccncc1. The summed E-state index contributed by atoms with van der Waals surface area (Å²) in [7, 11) is -3.64. The van der Waals surface area contributed by atoms with Gasteiger partial charge in [0, 0.05) is 18.9 Å². The Bertz CT molecular complexity index is 708. The molecule has 2 rings (SSSR count). The second-order valence-electron chi connectivity index (χ2n) is 4.87. The Hall–Kier alpha value is -1.79. The lowest BCUT2D eigenvalue weighted by molar-refractivity contribution is 0.579. The molecule has 2 aromatic rings. The van der Waals surface area contributed by atoms with Gasteiger partial charge in [-0.05, 0) is 61.2 Å². The van der Waals surface area contributed by atoms with Gasteiger partial charge in [-0.1, -0.05) is 0 Å². The molecular formula is C15H17FN2O2S. The first-order valence-electron chi connectivity index (χ1n) is 6.55. The van der Waals surface area contributed by atoms with E-state index in [0.29, 0.717) is 17.5 Å². The van der Waals surface area contributed by atoms with E-state index in [1.54, 1.807) is 26.2 Å². The van der Waals surface area contributed by atoms with E-state index in [1.165, 1.54) is 12.1 Å². The first-order chi connectivity index (χ1) is 9.90. The highest BCUT2D eigenvalue weighted by molar-refractivity contribution is 7.89. The molecule has 0 spiro atoms. The Labute approximate surface area is 124 Å². The predicted octanol–water partition coefficient (Wildman–Crippen LogP) is 2.36. The van der Waals surface area contributed by atoms with E-state index in [4.69, 9.17) is 0 Å². The fourth-order valence-electron chi connectivity index (χ4n) is 2.27. The molecule has 0 bridgehead atoms. The lowest BCUT2D eigenvalue weighted by atomic mass is 10.1. The van der Waals surface area contributed by atoms with E-state index < -0.39 is 15.8 Å². The highest BCUT2D eigenvalue weighted by atomic mass is 32.2. The molecule has 4 nitrogen and oxygen atoms in total. The molecule has 0 amide bonds. The second-order valence-corrected chi connectivity index (χ2v) is 6.58. The van der Waals surface area contributed by atoms with Crippen molar-refractivity contribution in [2.45, 2.75) is 25.2 Å². The highest BCUT2D eigenvalue weighted by Gasteiger charge is 2.19. The number of aryl methyl sites for hydroxylation is 2. The summed E-state index contributed by atoms with van der Waals surface area (Å²) in [6, 6.07) is 6.13. The monoisotopic (exact) mass is 308 g/mol. The van der Waals surface area contributed by atoms with Crippen LogP contribution in [0.15, 0.2) is 41.6 Å². The van der Waals surface area contributed by atoms with E-state index in [9.17, 15) is 12.8 Å². The first-order valence-corrected chi connectivity index (χ1v) is 8.04. The molecule has 0 fully saturated rings. The first kappa shape index (κ1) is 15.6. The van der Waals surface area contributed by atoms with Crippen LogP contribution in [-0.4, -0.2) is 19.9 Å². The molecule has 1 aromatic carbocycles. The summed E-state index contributed by atoms with van der Waals surface area (Å²) in [5.74, 6) is -0.430. The summed E-state index contributed by atoms with van der Waals surface area (Å²) in [5.41, 5.74) is 1.81. The van der Waals surface area contributed by atoms with Crippen LogP contribution in [-0.2, 0) is 16.4 Å². The van der Waals surface area contributed by atoms with Crippen molar-refractivity contribution in [3.63, 3.8) is 0 Å². The third-order valence-electron chi connectivity index (χ3n) is 3.15. The van der Waals surface area contributed by atoms with Gasteiger partial charge in [0.25, 0.3) is 0 Å². The van der Waals surface area contributed by atoms with Crippen LogP contribution < -0.4 is 4.72 Å². The third kappa shape index (κ3) is 3.86. The minimum absolute atomic E-state index is 0.152. The van der Waals surface area contributed by atoms with E-state index in [2.05, 4.69) is 9.71 Å². The Kier molecular flexibility index (Phi) is 4.69. The van der Waals surface area contributed by atoms with E-state index in [-0.39, 0.29) is 11.4 Å². The highest BCUT2D eigenvalue weighted by Crippen LogP contribution is 2.21. The van der Waals surface area contributed by atoms with Crippen molar-refractivity contribution >= 4 is 10.0 Å². The quantitative estimate of drug-likeness (QED) is 0.922. The standard InChI is InChI=1S/C15H17FN2O2S/c1-11-9-14(16)10-12(2)15(11)21(19,20)18-8-5-13-3-6-17-7-4-13/h3-4,6-7,9-10,18H,5,8H2,1-2H3. The van der Waals surface area contributed by atoms with Crippen molar-refractivity contribution in [2.24, 2.45) is 0 Å². The number of pyridine rings is 1. The zero-order valence-electron chi connectivity index (χ0n) is 11.9. The van der Waals surface area contributed by atoms with Gasteiger partial charge >= 0.3 is 0 Å². The zero-order chi connectivity index (χ0) is 15.5. The van der Waals surface area contributed by atoms with Crippen molar-refractivity contribution in [3.05, 3.63) is 59.2 Å². The van der Waals surface area contributed by atoms with Gasteiger partial charge in [0.15, 0.2) is 0 Å². The molecule has 0 radical (unpaired) electrons. The summed E-state index contributed by atoms with van der Waals surface area (Å²) in [4.78, 5) is 4.06. The van der Waals surface area contributed by atoms with Gasteiger partial charge in [0.05, 0.1) is 4.90 Å². The summed E-state index contributed by atoms with van der Waals surface area (Å²) >= 11 is 0. The average Bonchev–Trinajstić information content (AvgIpc) is 2.38. The van der Waals surface area contributed by atoms with Crippen LogP contribution in [0, 0.1) is 19.7 Å². The maximum Gasteiger partial charge on any atom is 0.241 e. The normalized spacial score (nSPS) is 11.6. The number of sulfonamides is 1. The molecule has 0 aliphatic rings. The molecule has 0 unspecified atom stereocenters. The smallest absolute Gasteiger partial charge is 0.241 e. The summed E-state index contributed by atoms with van der Waals surface area (Å²) in [6.45, 7) is 3.46. The maximum absolute atomic E-state index is 13.2. The maximum atomic E-state index is 13.2. The average molecular weight is 308 g/mol. The van der Waals surface area contributed by atoms with Crippen molar-refractivity contribution in [1.82, 2.24) is 9.71 Å². The number of nitrogens with one attached hydrogen (secondary N) is 1. The fourth-order valence-corrected chi connectivity index (χ4v) is 3.75. The number of benzene rings is 1. The van der Waals surface area contributed by atoms with Gasteiger partial charge in [0.2, 0.25) is 10.0 Å². The van der Waals surface area contributed by atoms with Gasteiger partial charge in [0.1, 0.15) is 5.82 Å². The second kappa shape index (κ2) is 6.32. The van der Waals surface area contributed by atoms with Crippen LogP contribution >= 0.6 is 0 Å². The third-order valence-corrected chi connectivity index (χ3v) is 4.91. The Morgan fingerprint density at radius 1 is 1.14 bits per heavy atom. The molecule has 112 valence electrons. The lowest BCUT2D eigenvalue weighted by Gasteiger charge is -2.12. The summed E-state index contributed by atoms with van der Waals surface area (Å²) in [6.07, 6.45) is 3.90. The topological polar surface area (TPSA) is 59.1 Å².